The Morgan fingerprint density at radius 1 is 1.32 bits per heavy atom. The molecule has 0 saturated carbocycles. The maximum Gasteiger partial charge on any atom is 0.414 e. The molecule has 2 amide bonds. The molecule has 162 valence electrons. The lowest BCUT2D eigenvalue weighted by Crippen LogP contribution is -2.39. The fraction of sp³-hybridized carbons (Fsp3) is 0.333. The number of rotatable bonds is 5. The summed E-state index contributed by atoms with van der Waals surface area (Å²) in [6, 6.07) is 7.64. The van der Waals surface area contributed by atoms with Crippen molar-refractivity contribution in [2.45, 2.75) is 13.8 Å². The molecule has 0 spiro atoms. The zero-order chi connectivity index (χ0) is 22.0. The summed E-state index contributed by atoms with van der Waals surface area (Å²) in [5.41, 5.74) is 3.08. The van der Waals surface area contributed by atoms with Gasteiger partial charge in [-0.25, -0.2) is 14.8 Å². The van der Waals surface area contributed by atoms with Crippen LogP contribution >= 0.6 is 22.9 Å². The zero-order valence-electron chi connectivity index (χ0n) is 17.1. The average Bonchev–Trinajstić information content (AvgIpc) is 3.17. The van der Waals surface area contributed by atoms with Gasteiger partial charge in [-0.15, -0.1) is 11.6 Å². The van der Waals surface area contributed by atoms with Crippen LogP contribution in [0.15, 0.2) is 30.5 Å². The van der Waals surface area contributed by atoms with Gasteiger partial charge in [0.15, 0.2) is 5.13 Å². The molecule has 0 radical (unpaired) electrons. The average molecular weight is 461 g/mol. The molecule has 0 aliphatic carbocycles. The number of fused-ring (bicyclic) bond motifs is 2. The van der Waals surface area contributed by atoms with Crippen molar-refractivity contribution >= 4 is 56.0 Å². The highest BCUT2D eigenvalue weighted by Gasteiger charge is 2.27. The second-order valence-corrected chi connectivity index (χ2v) is 8.70. The Hall–Kier alpha value is -2.91. The maximum atomic E-state index is 12.6. The highest BCUT2D eigenvalue weighted by Crippen LogP contribution is 2.36. The maximum absolute atomic E-state index is 12.6. The second-order valence-electron chi connectivity index (χ2n) is 7.40. The van der Waals surface area contributed by atoms with Crippen molar-refractivity contribution in [3.8, 4) is 17.0 Å². The number of halogens is 1. The summed E-state index contributed by atoms with van der Waals surface area (Å²) in [5.74, 6) is 0.227. The van der Waals surface area contributed by atoms with Crippen LogP contribution in [-0.2, 0) is 9.53 Å². The number of carbonyl (C=O) groups excluding carboxylic acids is 2. The van der Waals surface area contributed by atoms with Crippen LogP contribution in [0.3, 0.4) is 0 Å². The smallest absolute Gasteiger partial charge is 0.414 e. The van der Waals surface area contributed by atoms with Gasteiger partial charge in [0.05, 0.1) is 23.4 Å². The van der Waals surface area contributed by atoms with Gasteiger partial charge in [0, 0.05) is 11.8 Å². The van der Waals surface area contributed by atoms with E-state index in [0.29, 0.717) is 36.5 Å². The van der Waals surface area contributed by atoms with Crippen LogP contribution in [0.2, 0.25) is 0 Å². The molecule has 0 fully saturated rings. The lowest BCUT2D eigenvalue weighted by molar-refractivity contribution is -0.113. The number of thiazole rings is 1. The van der Waals surface area contributed by atoms with Crippen LogP contribution in [0.4, 0.5) is 15.6 Å². The minimum atomic E-state index is -0.408. The topological polar surface area (TPSA) is 93.7 Å². The lowest BCUT2D eigenvalue weighted by Gasteiger charge is -2.28. The van der Waals surface area contributed by atoms with E-state index in [-0.39, 0.29) is 17.7 Å². The third-order valence-electron chi connectivity index (χ3n) is 4.53. The van der Waals surface area contributed by atoms with E-state index in [1.807, 2.05) is 38.1 Å². The van der Waals surface area contributed by atoms with Crippen LogP contribution in [0, 0.1) is 5.92 Å². The number of alkyl halides is 1. The number of nitrogens with zero attached hydrogens (tertiary/aromatic N) is 3. The number of ether oxygens (including phenoxy) is 2. The Morgan fingerprint density at radius 3 is 2.94 bits per heavy atom. The molecule has 8 nitrogen and oxygen atoms in total. The molecule has 1 N–H and O–H groups in total. The molecule has 4 rings (SSSR count). The van der Waals surface area contributed by atoms with Gasteiger partial charge in [-0.3, -0.25) is 9.69 Å². The molecule has 1 aromatic carbocycles. The van der Waals surface area contributed by atoms with Gasteiger partial charge in [-0.1, -0.05) is 31.3 Å². The van der Waals surface area contributed by atoms with E-state index in [2.05, 4.69) is 15.3 Å². The van der Waals surface area contributed by atoms with Crippen molar-refractivity contribution in [3.63, 3.8) is 0 Å². The van der Waals surface area contributed by atoms with Gasteiger partial charge in [0.2, 0.25) is 11.8 Å². The zero-order valence-corrected chi connectivity index (χ0v) is 18.6. The number of anilines is 2. The molecule has 1 aliphatic heterocycles. The molecule has 0 bridgehead atoms. The highest BCUT2D eigenvalue weighted by molar-refractivity contribution is 7.22. The number of hydrogen-bond donors (Lipinski definition) is 1. The number of pyridine rings is 1. The largest absolute Gasteiger partial charge is 0.474 e. The van der Waals surface area contributed by atoms with Crippen molar-refractivity contribution in [3.05, 3.63) is 30.5 Å². The van der Waals surface area contributed by atoms with Crippen molar-refractivity contribution in [2.75, 3.05) is 35.9 Å². The molecular formula is C21H21ClN4O4S. The molecule has 31 heavy (non-hydrogen) atoms. The van der Waals surface area contributed by atoms with Gasteiger partial charge in [0.1, 0.15) is 18.2 Å². The van der Waals surface area contributed by atoms with Crippen molar-refractivity contribution in [2.24, 2.45) is 5.92 Å². The van der Waals surface area contributed by atoms with Crippen molar-refractivity contribution < 1.29 is 19.1 Å². The van der Waals surface area contributed by atoms with E-state index in [1.165, 1.54) is 11.3 Å². The van der Waals surface area contributed by atoms with Crippen molar-refractivity contribution in [1.82, 2.24) is 9.97 Å². The second kappa shape index (κ2) is 9.07. The quantitative estimate of drug-likeness (QED) is 0.562. The van der Waals surface area contributed by atoms with E-state index in [9.17, 15) is 9.59 Å². The van der Waals surface area contributed by atoms with E-state index in [1.54, 1.807) is 11.1 Å². The van der Waals surface area contributed by atoms with Gasteiger partial charge in [-0.05, 0) is 29.7 Å². The van der Waals surface area contributed by atoms with Gasteiger partial charge >= 0.3 is 6.09 Å². The summed E-state index contributed by atoms with van der Waals surface area (Å²) >= 11 is 6.91. The van der Waals surface area contributed by atoms with E-state index < -0.39 is 6.09 Å². The number of benzene rings is 1. The standard InChI is InChI=1S/C21H21ClN4O4S/c1-12(2)11-30-21(28)26-5-6-29-19-16(26)7-14(10-23-19)13-3-4-15-17(8-13)31-20(24-15)25-18(27)9-22/h3-4,7-8,10,12H,5-6,9,11H2,1-2H3,(H,24,25,27). The van der Waals surface area contributed by atoms with Crippen LogP contribution in [0.1, 0.15) is 13.8 Å². The molecule has 0 saturated heterocycles. The van der Waals surface area contributed by atoms with E-state index >= 15 is 0 Å². The molecular weight excluding hydrogens is 440 g/mol. The Bertz CT molecular complexity index is 1130. The fourth-order valence-corrected chi connectivity index (χ4v) is 4.06. The highest BCUT2D eigenvalue weighted by atomic mass is 35.5. The number of hydrogen-bond acceptors (Lipinski definition) is 7. The SMILES string of the molecule is CC(C)COC(=O)N1CCOc2ncc(-c3ccc4nc(NC(=O)CCl)sc4c3)cc21. The Labute approximate surface area is 188 Å². The Morgan fingerprint density at radius 2 is 2.16 bits per heavy atom. The summed E-state index contributed by atoms with van der Waals surface area (Å²) in [4.78, 5) is 34.4. The van der Waals surface area contributed by atoms with Gasteiger partial charge < -0.3 is 14.8 Å². The number of amides is 2. The Kier molecular flexibility index (Phi) is 6.24. The summed E-state index contributed by atoms with van der Waals surface area (Å²) in [5, 5.41) is 3.16. The third kappa shape index (κ3) is 4.72. The van der Waals surface area contributed by atoms with E-state index in [4.69, 9.17) is 21.1 Å². The normalized spacial score (nSPS) is 13.1. The Balaban J connectivity index is 1.63. The molecule has 2 aromatic heterocycles. The molecule has 3 heterocycles. The van der Waals surface area contributed by atoms with Gasteiger partial charge in [0.25, 0.3) is 0 Å². The van der Waals surface area contributed by atoms with Crippen molar-refractivity contribution in [1.29, 1.82) is 0 Å². The summed E-state index contributed by atoms with van der Waals surface area (Å²) in [6.07, 6.45) is 1.30. The van der Waals surface area contributed by atoms with Crippen LogP contribution in [0.25, 0.3) is 21.3 Å². The minimum absolute atomic E-state index is 0.125. The molecule has 3 aromatic rings. The molecule has 1 aliphatic rings. The first kappa shape index (κ1) is 21.3. The van der Waals surface area contributed by atoms with Crippen LogP contribution < -0.4 is 15.0 Å². The molecule has 0 unspecified atom stereocenters. The summed E-state index contributed by atoms with van der Waals surface area (Å²) < 4.78 is 11.9. The first-order valence-corrected chi connectivity index (χ1v) is 11.1. The third-order valence-corrected chi connectivity index (χ3v) is 5.70. The first-order chi connectivity index (χ1) is 14.9. The minimum Gasteiger partial charge on any atom is -0.474 e. The lowest BCUT2D eigenvalue weighted by atomic mass is 10.1. The predicted octanol–water partition coefficient (Wildman–Crippen LogP) is 4.53. The fourth-order valence-electron chi connectivity index (χ4n) is 3.07. The molecule has 0 atom stereocenters. The monoisotopic (exact) mass is 460 g/mol. The van der Waals surface area contributed by atoms with Crippen LogP contribution in [-0.4, -0.2) is 47.6 Å². The van der Waals surface area contributed by atoms with Gasteiger partial charge in [-0.2, -0.15) is 0 Å². The first-order valence-electron chi connectivity index (χ1n) is 9.78. The van der Waals surface area contributed by atoms with E-state index in [0.717, 1.165) is 21.3 Å². The number of carbonyl (C=O) groups is 2. The summed E-state index contributed by atoms with van der Waals surface area (Å²) in [6.45, 7) is 5.08. The number of nitrogens with one attached hydrogen (secondary N) is 1. The summed E-state index contributed by atoms with van der Waals surface area (Å²) in [7, 11) is 0. The van der Waals surface area contributed by atoms with Crippen LogP contribution in [0.5, 0.6) is 5.88 Å². The predicted molar refractivity (Wildman–Crippen MR) is 121 cm³/mol. The molecule has 10 heteroatoms. The number of aromatic nitrogens is 2.